The molecule has 2 aliphatic carbocycles. The number of para-hydroxylation sites is 2. The first-order chi connectivity index (χ1) is 32.2. The SMILES string of the molecule is CC1/C=C\C=C(\N(c2ccc(-c3cccc4c3sc3ccccc34)cc2)C2C=CC(C3C=CCC4c5ccccc5SC34)=CC2)Oc2c1ccc1c2c2ccccc2n1-c1ccccc1. The van der Waals surface area contributed by atoms with Crippen LogP contribution in [0.2, 0.25) is 0 Å². The Hall–Kier alpha value is -6.79. The van der Waals surface area contributed by atoms with E-state index in [9.17, 15) is 0 Å². The number of allylic oxidation sites excluding steroid dienone is 7. The predicted molar refractivity (Wildman–Crippen MR) is 276 cm³/mol. The molecule has 4 heterocycles. The van der Waals surface area contributed by atoms with Gasteiger partial charge in [0, 0.05) is 70.4 Å². The Kier molecular flexibility index (Phi) is 9.35. The third kappa shape index (κ3) is 6.39. The molecular formula is C60H46N2OS2. The summed E-state index contributed by atoms with van der Waals surface area (Å²) in [7, 11) is 0. The van der Waals surface area contributed by atoms with E-state index < -0.39 is 0 Å². The van der Waals surface area contributed by atoms with Gasteiger partial charge in [0.15, 0.2) is 0 Å². The molecule has 0 saturated heterocycles. The van der Waals surface area contributed by atoms with Crippen LogP contribution in [0.15, 0.2) is 223 Å². The minimum absolute atomic E-state index is 0.0252. The molecular weight excluding hydrogens is 829 g/mol. The van der Waals surface area contributed by atoms with Crippen molar-refractivity contribution in [2.75, 3.05) is 4.90 Å². The second-order valence-corrected chi connectivity index (χ2v) is 20.1. The van der Waals surface area contributed by atoms with Gasteiger partial charge in [-0.15, -0.1) is 23.1 Å². The lowest BCUT2D eigenvalue weighted by Gasteiger charge is -2.36. The largest absolute Gasteiger partial charge is 0.440 e. The van der Waals surface area contributed by atoms with Gasteiger partial charge in [0.25, 0.3) is 0 Å². The standard InChI is InChI=1S/C60H46N2OS2/c1-38-14-11-27-56(63-58-44(38)36-37-53-57(58)51-19-5-8-24-52(51)62(53)41-15-3-2-4-16-41)61(42-32-28-39(29-33-42)45-20-12-22-49-47-17-6-9-25-54(47)64-59(45)49)43-34-30-40(31-35-43)46-21-13-23-50-48-18-7-10-26-55(48)65-60(46)50/h2-22,24-34,36-38,43,46,50,60H,23,35H2,1H3/b14-11-,56-27-. The van der Waals surface area contributed by atoms with Gasteiger partial charge in [-0.2, -0.15) is 0 Å². The molecule has 2 aliphatic heterocycles. The minimum Gasteiger partial charge on any atom is -0.440 e. The highest BCUT2D eigenvalue weighted by atomic mass is 32.2. The van der Waals surface area contributed by atoms with E-state index in [4.69, 9.17) is 4.74 Å². The number of nitrogens with zero attached hydrogens (tertiary/aromatic N) is 2. The Morgan fingerprint density at radius 2 is 1.46 bits per heavy atom. The molecule has 5 unspecified atom stereocenters. The molecule has 0 spiro atoms. The van der Waals surface area contributed by atoms with Gasteiger partial charge in [-0.3, -0.25) is 0 Å². The monoisotopic (exact) mass is 874 g/mol. The smallest absolute Gasteiger partial charge is 0.201 e. The fourth-order valence-electron chi connectivity index (χ4n) is 11.0. The summed E-state index contributed by atoms with van der Waals surface area (Å²) < 4.78 is 12.6. The van der Waals surface area contributed by atoms with Crippen molar-refractivity contribution >= 4 is 70.8 Å². The van der Waals surface area contributed by atoms with E-state index in [-0.39, 0.29) is 12.0 Å². The zero-order chi connectivity index (χ0) is 43.0. The Morgan fingerprint density at radius 1 is 0.662 bits per heavy atom. The zero-order valence-corrected chi connectivity index (χ0v) is 37.7. The Labute approximate surface area is 388 Å². The number of ether oxygens (including phenoxy) is 1. The van der Waals surface area contributed by atoms with Crippen LogP contribution in [0.5, 0.6) is 5.75 Å². The van der Waals surface area contributed by atoms with E-state index in [0.717, 1.165) is 52.3 Å². The van der Waals surface area contributed by atoms with E-state index >= 15 is 0 Å². The molecule has 3 nitrogen and oxygen atoms in total. The van der Waals surface area contributed by atoms with Crippen LogP contribution in [-0.2, 0) is 0 Å². The first-order valence-corrected chi connectivity index (χ1v) is 24.6. The maximum atomic E-state index is 7.54. The molecule has 0 saturated carbocycles. The molecule has 0 N–H and O–H groups in total. The number of fused-ring (bicyclic) bond motifs is 11. The second kappa shape index (κ2) is 15.7. The molecule has 7 aromatic carbocycles. The van der Waals surface area contributed by atoms with Crippen LogP contribution in [0.1, 0.15) is 42.7 Å². The molecule has 0 bridgehead atoms. The first kappa shape index (κ1) is 38.6. The fraction of sp³-hybridized carbons (Fsp3) is 0.133. The number of thiophene rings is 1. The molecule has 5 atom stereocenters. The molecule has 9 aromatic rings. The van der Waals surface area contributed by atoms with E-state index in [1.165, 1.54) is 58.3 Å². The Bertz CT molecular complexity index is 3490. The van der Waals surface area contributed by atoms with Crippen molar-refractivity contribution in [3.8, 4) is 22.6 Å². The molecule has 0 amide bonds. The lowest BCUT2D eigenvalue weighted by molar-refractivity contribution is 0.394. The quantitative estimate of drug-likeness (QED) is 0.155. The Morgan fingerprint density at radius 3 is 2.34 bits per heavy atom. The lowest BCUT2D eigenvalue weighted by atomic mass is 9.77. The first-order valence-electron chi connectivity index (χ1n) is 22.9. The van der Waals surface area contributed by atoms with Crippen molar-refractivity contribution in [1.29, 1.82) is 0 Å². The van der Waals surface area contributed by atoms with E-state index in [1.807, 2.05) is 11.3 Å². The van der Waals surface area contributed by atoms with E-state index in [2.05, 4.69) is 234 Å². The summed E-state index contributed by atoms with van der Waals surface area (Å²) in [6.07, 6.45) is 20.9. The van der Waals surface area contributed by atoms with Crippen LogP contribution in [-0.4, -0.2) is 15.9 Å². The van der Waals surface area contributed by atoms with Gasteiger partial charge in [0.05, 0.1) is 22.5 Å². The van der Waals surface area contributed by atoms with Crippen molar-refractivity contribution in [1.82, 2.24) is 4.57 Å². The number of aromatic nitrogens is 1. The molecule has 4 aliphatic rings. The summed E-state index contributed by atoms with van der Waals surface area (Å²) in [5.74, 6) is 2.81. The van der Waals surface area contributed by atoms with E-state index in [1.54, 1.807) is 0 Å². The van der Waals surface area contributed by atoms with Crippen molar-refractivity contribution in [3.05, 3.63) is 229 Å². The average molecular weight is 875 g/mol. The fourth-order valence-corrected chi connectivity index (χ4v) is 13.9. The topological polar surface area (TPSA) is 17.4 Å². The van der Waals surface area contributed by atoms with Crippen molar-refractivity contribution in [2.45, 2.75) is 47.8 Å². The maximum absolute atomic E-state index is 7.54. The summed E-state index contributed by atoms with van der Waals surface area (Å²) in [5, 5.41) is 5.47. The minimum atomic E-state index is 0.0252. The van der Waals surface area contributed by atoms with Crippen LogP contribution in [0.3, 0.4) is 0 Å². The summed E-state index contributed by atoms with van der Waals surface area (Å²) >= 11 is 3.96. The Balaban J connectivity index is 0.922. The van der Waals surface area contributed by atoms with Gasteiger partial charge in [0.1, 0.15) is 5.75 Å². The van der Waals surface area contributed by atoms with Gasteiger partial charge < -0.3 is 14.2 Å². The lowest BCUT2D eigenvalue weighted by Crippen LogP contribution is -2.37. The van der Waals surface area contributed by atoms with Crippen LogP contribution < -0.4 is 9.64 Å². The number of thioether (sulfide) groups is 1. The zero-order valence-electron chi connectivity index (χ0n) is 36.1. The number of anilines is 1. The highest BCUT2D eigenvalue weighted by Gasteiger charge is 2.40. The van der Waals surface area contributed by atoms with Gasteiger partial charge in [0.2, 0.25) is 5.88 Å². The summed E-state index contributed by atoms with van der Waals surface area (Å²) in [6.45, 7) is 2.27. The number of benzene rings is 7. The number of hydrogen-bond donors (Lipinski definition) is 0. The highest BCUT2D eigenvalue weighted by molar-refractivity contribution is 8.00. The number of hydrogen-bond acceptors (Lipinski definition) is 4. The molecule has 2 aromatic heterocycles. The van der Waals surface area contributed by atoms with Crippen molar-refractivity contribution < 1.29 is 4.74 Å². The maximum Gasteiger partial charge on any atom is 0.201 e. The average Bonchev–Trinajstić information content (AvgIpc) is 4.04. The normalized spacial score (nSPS) is 22.4. The van der Waals surface area contributed by atoms with Gasteiger partial charge >= 0.3 is 0 Å². The van der Waals surface area contributed by atoms with Gasteiger partial charge in [-0.25, -0.2) is 0 Å². The van der Waals surface area contributed by atoms with Crippen LogP contribution in [0.25, 0.3) is 58.8 Å². The van der Waals surface area contributed by atoms with E-state index in [0.29, 0.717) is 17.1 Å². The van der Waals surface area contributed by atoms with Crippen LogP contribution in [0, 0.1) is 5.92 Å². The summed E-state index contributed by atoms with van der Waals surface area (Å²) in [6, 6.07) is 57.8. The molecule has 0 fully saturated rings. The van der Waals surface area contributed by atoms with Gasteiger partial charge in [-0.05, 0) is 89.7 Å². The third-order valence-corrected chi connectivity index (χ3v) is 16.9. The van der Waals surface area contributed by atoms with Gasteiger partial charge in [-0.1, -0.05) is 159 Å². The van der Waals surface area contributed by atoms with Crippen molar-refractivity contribution in [2.24, 2.45) is 5.92 Å². The molecule has 13 rings (SSSR count). The van der Waals surface area contributed by atoms with Crippen LogP contribution in [0.4, 0.5) is 5.69 Å². The highest BCUT2D eigenvalue weighted by Crippen LogP contribution is 2.54. The molecule has 65 heavy (non-hydrogen) atoms. The number of rotatable bonds is 6. The molecule has 5 heteroatoms. The summed E-state index contributed by atoms with van der Waals surface area (Å²) in [5.41, 5.74) is 11.1. The second-order valence-electron chi connectivity index (χ2n) is 17.8. The third-order valence-electron chi connectivity index (χ3n) is 14.2. The predicted octanol–water partition coefficient (Wildman–Crippen LogP) is 16.3. The molecule has 0 radical (unpaired) electrons. The molecule has 314 valence electrons. The van der Waals surface area contributed by atoms with Crippen LogP contribution >= 0.6 is 23.1 Å². The van der Waals surface area contributed by atoms with Crippen molar-refractivity contribution in [3.63, 3.8) is 0 Å². The summed E-state index contributed by atoms with van der Waals surface area (Å²) in [4.78, 5) is 3.89.